The normalized spacial score (nSPS) is 17.9. The Balaban J connectivity index is 1.18. The molecular weight excluding hydrogens is 665 g/mol. The molecule has 54 heavy (non-hydrogen) atoms. The molecule has 2 aliphatic rings. The second-order valence-electron chi connectivity index (χ2n) is 18.0. The van der Waals surface area contributed by atoms with E-state index in [9.17, 15) is 0 Å². The Kier molecular flexibility index (Phi) is 5.23. The minimum Gasteiger partial charge on any atom is -0.456 e. The van der Waals surface area contributed by atoms with Crippen LogP contribution in [0.3, 0.4) is 0 Å². The van der Waals surface area contributed by atoms with E-state index in [0.29, 0.717) is 0 Å². The predicted octanol–water partition coefficient (Wildman–Crippen LogP) is 12.4. The first kappa shape index (κ1) is 30.6. The van der Waals surface area contributed by atoms with Crippen LogP contribution in [0.2, 0.25) is 0 Å². The van der Waals surface area contributed by atoms with Gasteiger partial charge in [0.1, 0.15) is 28.0 Å². The largest absolute Gasteiger partial charge is 0.456 e. The zero-order valence-electron chi connectivity index (χ0n) is 31.8. The molecule has 0 unspecified atom stereocenters. The summed E-state index contributed by atoms with van der Waals surface area (Å²) in [5, 5.41) is 12.8. The molecule has 5 aromatic carbocycles. The number of para-hydroxylation sites is 1. The van der Waals surface area contributed by atoms with Crippen molar-refractivity contribution in [3.63, 3.8) is 0 Å². The van der Waals surface area contributed by atoms with Gasteiger partial charge in [-0.15, -0.1) is 0 Å². The Morgan fingerprint density at radius 3 is 1.96 bits per heavy atom. The smallest absolute Gasteiger partial charge is 0.145 e. The Hall–Kier alpha value is -5.88. The number of fused-ring (bicyclic) bond motifs is 13. The number of hydrogen-bond donors (Lipinski definition) is 0. The fraction of sp³-hybridized carbons (Fsp3) is 0.250. The van der Waals surface area contributed by atoms with Crippen molar-refractivity contribution in [3.8, 4) is 16.8 Å². The van der Waals surface area contributed by atoms with E-state index in [-0.39, 0.29) is 21.7 Å². The highest BCUT2D eigenvalue weighted by molar-refractivity contribution is 6.28. The third-order valence-electron chi connectivity index (χ3n) is 14.7. The number of furan rings is 2. The van der Waals surface area contributed by atoms with Crippen LogP contribution in [0.5, 0.6) is 0 Å². The van der Waals surface area contributed by atoms with Crippen molar-refractivity contribution in [1.82, 2.24) is 19.2 Å². The van der Waals surface area contributed by atoms with Crippen molar-refractivity contribution in [3.05, 3.63) is 120 Å². The Morgan fingerprint density at radius 1 is 0.537 bits per heavy atom. The number of benzene rings is 5. The van der Waals surface area contributed by atoms with Crippen LogP contribution in [-0.2, 0) is 21.7 Å². The summed E-state index contributed by atoms with van der Waals surface area (Å²) in [6.45, 7) is 18.8. The maximum Gasteiger partial charge on any atom is 0.145 e. The maximum atomic E-state index is 6.77. The van der Waals surface area contributed by atoms with Gasteiger partial charge < -0.3 is 8.83 Å². The van der Waals surface area contributed by atoms with Crippen molar-refractivity contribution in [2.24, 2.45) is 0 Å². The zero-order valence-corrected chi connectivity index (χ0v) is 31.8. The first-order valence-corrected chi connectivity index (χ1v) is 19.1. The summed E-state index contributed by atoms with van der Waals surface area (Å²) in [7, 11) is 0. The maximum absolute atomic E-state index is 6.77. The first-order chi connectivity index (χ1) is 25.8. The van der Waals surface area contributed by atoms with Gasteiger partial charge in [-0.25, -0.2) is 9.67 Å². The van der Waals surface area contributed by atoms with Gasteiger partial charge in [0, 0.05) is 71.4 Å². The fourth-order valence-corrected chi connectivity index (χ4v) is 10.3. The van der Waals surface area contributed by atoms with E-state index in [1.54, 1.807) is 0 Å². The molecule has 0 saturated carbocycles. The molecule has 6 heteroatoms. The molecule has 10 aromatic rings. The third kappa shape index (κ3) is 3.28. The highest BCUT2D eigenvalue weighted by atomic mass is 16.3. The number of aromatic nitrogens is 4. The molecule has 0 atom stereocenters. The van der Waals surface area contributed by atoms with Crippen molar-refractivity contribution >= 4 is 71.2 Å². The second kappa shape index (κ2) is 9.25. The third-order valence-corrected chi connectivity index (χ3v) is 14.7. The molecule has 2 aliphatic heterocycles. The van der Waals surface area contributed by atoms with E-state index in [4.69, 9.17) is 18.9 Å². The van der Waals surface area contributed by atoms with E-state index in [1.165, 1.54) is 44.5 Å². The average molecular weight is 705 g/mol. The molecule has 5 aromatic heterocycles. The fourth-order valence-electron chi connectivity index (χ4n) is 10.3. The number of rotatable bonds is 1. The Labute approximate surface area is 312 Å². The van der Waals surface area contributed by atoms with E-state index in [1.807, 2.05) is 6.20 Å². The van der Waals surface area contributed by atoms with E-state index in [2.05, 4.69) is 156 Å². The summed E-state index contributed by atoms with van der Waals surface area (Å²) in [4.78, 5) is 5.16. The lowest BCUT2D eigenvalue weighted by molar-refractivity contribution is 0.276. The lowest BCUT2D eigenvalue weighted by Crippen LogP contribution is -2.46. The molecule has 264 valence electrons. The monoisotopic (exact) mass is 704 g/mol. The summed E-state index contributed by atoms with van der Waals surface area (Å²) in [6, 6.07) is 30.7. The molecular formula is C48H40N4O2. The van der Waals surface area contributed by atoms with Crippen LogP contribution in [0.25, 0.3) is 88.0 Å². The predicted molar refractivity (Wildman–Crippen MR) is 219 cm³/mol. The van der Waals surface area contributed by atoms with E-state index < -0.39 is 0 Å². The standard InChI is InChI=1S/C48H40N4O2/c1-45(2)32-16-12-15-26-27-21-37-29(19-28(27)44-49-24-39(47(45,5)6)51(44)42(26)32)40-35(53-37)17-18-36-41(40)30-20-34-33(22-38(30)54-36)46(3,4)48(7,8)43-31(23-50-52(34)43)25-13-10-9-11-14-25/h9-24H,1-8H3. The summed E-state index contributed by atoms with van der Waals surface area (Å²) >= 11 is 0. The van der Waals surface area contributed by atoms with Gasteiger partial charge in [0.2, 0.25) is 0 Å². The molecule has 6 nitrogen and oxygen atoms in total. The molecule has 0 fully saturated rings. The van der Waals surface area contributed by atoms with Gasteiger partial charge in [0.25, 0.3) is 0 Å². The molecule has 0 aliphatic carbocycles. The van der Waals surface area contributed by atoms with Crippen molar-refractivity contribution in [2.75, 3.05) is 0 Å². The highest BCUT2D eigenvalue weighted by Gasteiger charge is 2.49. The van der Waals surface area contributed by atoms with Crippen LogP contribution < -0.4 is 0 Å². The van der Waals surface area contributed by atoms with Crippen LogP contribution in [0.4, 0.5) is 0 Å². The molecule has 0 spiro atoms. The molecule has 7 heterocycles. The lowest BCUT2D eigenvalue weighted by atomic mass is 9.59. The molecule has 0 radical (unpaired) electrons. The minimum atomic E-state index is -0.217. The van der Waals surface area contributed by atoms with Crippen molar-refractivity contribution < 1.29 is 8.83 Å². The zero-order chi connectivity index (χ0) is 36.8. The minimum absolute atomic E-state index is 0.0786. The summed E-state index contributed by atoms with van der Waals surface area (Å²) in [6.07, 6.45) is 4.14. The topological polar surface area (TPSA) is 61.4 Å². The van der Waals surface area contributed by atoms with Gasteiger partial charge >= 0.3 is 0 Å². The SMILES string of the molecule is CC1(C)c2cc3oc4ccc5oc6cc7c(cc6c5c4c3cc2-n2ncc(-c3ccccc3)c2C1(C)C)c1ncc2n1c1c(cccc71)C(C)(C)C2(C)C. The summed E-state index contributed by atoms with van der Waals surface area (Å²) in [5.74, 6) is 0. The van der Waals surface area contributed by atoms with Gasteiger partial charge in [-0.2, -0.15) is 5.10 Å². The molecule has 0 amide bonds. The van der Waals surface area contributed by atoms with Crippen LogP contribution in [0.1, 0.15) is 77.9 Å². The van der Waals surface area contributed by atoms with Gasteiger partial charge in [0.05, 0.1) is 23.1 Å². The average Bonchev–Trinajstić information content (AvgIpc) is 3.95. The first-order valence-electron chi connectivity index (χ1n) is 19.1. The van der Waals surface area contributed by atoms with Crippen LogP contribution >= 0.6 is 0 Å². The number of hydrogen-bond acceptors (Lipinski definition) is 4. The Bertz CT molecular complexity index is 3330. The van der Waals surface area contributed by atoms with Gasteiger partial charge in [-0.3, -0.25) is 4.40 Å². The highest BCUT2D eigenvalue weighted by Crippen LogP contribution is 2.55. The molecule has 0 saturated heterocycles. The van der Waals surface area contributed by atoms with Gasteiger partial charge in [-0.05, 0) is 58.5 Å². The Morgan fingerprint density at radius 2 is 1.22 bits per heavy atom. The lowest BCUT2D eigenvalue weighted by Gasteiger charge is -2.47. The molecule has 0 bridgehead atoms. The molecule has 12 rings (SSSR count). The second-order valence-corrected chi connectivity index (χ2v) is 18.0. The van der Waals surface area contributed by atoms with E-state index in [0.717, 1.165) is 66.0 Å². The quantitative estimate of drug-likeness (QED) is 0.160. The van der Waals surface area contributed by atoms with Crippen molar-refractivity contribution in [2.45, 2.75) is 77.0 Å². The summed E-state index contributed by atoms with van der Waals surface area (Å²) in [5.41, 5.74) is 13.5. The van der Waals surface area contributed by atoms with Gasteiger partial charge in [-0.1, -0.05) is 104 Å². The van der Waals surface area contributed by atoms with Crippen LogP contribution in [0, 0.1) is 0 Å². The number of pyridine rings is 1. The number of nitrogens with zero attached hydrogens (tertiary/aromatic N) is 4. The summed E-state index contributed by atoms with van der Waals surface area (Å²) < 4.78 is 18.1. The van der Waals surface area contributed by atoms with E-state index >= 15 is 0 Å². The van der Waals surface area contributed by atoms with Crippen LogP contribution in [-0.4, -0.2) is 19.2 Å². The molecule has 0 N–H and O–H groups in total. The number of imidazole rings is 1. The van der Waals surface area contributed by atoms with Crippen LogP contribution in [0.15, 0.2) is 106 Å². The van der Waals surface area contributed by atoms with Crippen molar-refractivity contribution in [1.29, 1.82) is 0 Å². The van der Waals surface area contributed by atoms with Gasteiger partial charge in [0.15, 0.2) is 0 Å².